The first kappa shape index (κ1) is 21.8. The fraction of sp³-hybridized carbons (Fsp3) is 0.0455. The zero-order valence-electron chi connectivity index (χ0n) is 16.2. The molecule has 0 spiro atoms. The quantitative estimate of drug-likeness (QED) is 0.177. The van der Waals surface area contributed by atoms with E-state index < -0.39 is 11.2 Å². The molecule has 0 fully saturated rings. The summed E-state index contributed by atoms with van der Waals surface area (Å²) in [7, 11) is 0. The Labute approximate surface area is 184 Å². The van der Waals surface area contributed by atoms with Crippen LogP contribution in [0.3, 0.4) is 0 Å². The van der Waals surface area contributed by atoms with Crippen molar-refractivity contribution >= 4 is 46.6 Å². The Morgan fingerprint density at radius 1 is 1.06 bits per heavy atom. The first-order valence-corrected chi connectivity index (χ1v) is 9.18. The molecule has 0 aliphatic carbocycles. The van der Waals surface area contributed by atoms with Crippen molar-refractivity contribution in [1.29, 1.82) is 5.41 Å². The molecule has 0 aromatic heterocycles. The molecular formula is C22H20ClN5O3. The molecule has 3 aromatic carbocycles. The van der Waals surface area contributed by atoms with E-state index in [0.717, 1.165) is 11.3 Å². The molecule has 4 rings (SSSR count). The van der Waals surface area contributed by atoms with Crippen LogP contribution in [0.5, 0.6) is 0 Å². The van der Waals surface area contributed by atoms with E-state index in [1.807, 2.05) is 30.3 Å². The number of hydrogen-bond donors (Lipinski definition) is 5. The fourth-order valence-electron chi connectivity index (χ4n) is 3.41. The molecule has 0 saturated heterocycles. The number of nitro groups is 1. The highest BCUT2D eigenvalue weighted by atomic mass is 35.5. The maximum atomic E-state index is 11.3. The lowest BCUT2D eigenvalue weighted by atomic mass is 9.99. The number of anilines is 2. The maximum Gasteiger partial charge on any atom is 0.270 e. The number of nitro benzene ring substituents is 1. The number of halogens is 1. The molecule has 1 heterocycles. The standard InChI is InChI=1S/C22H19N5O3.ClH/c23-21(24)14-6-8-15(9-7-14)25-20(13-4-2-1-3-5-13)19-17-12-16(27(29)30)10-11-18(17)26-22(19)28;/h1-12,22,25-26,28H,(H3,23,24);1H/b20-19-;. The van der Waals surface area contributed by atoms with Crippen molar-refractivity contribution < 1.29 is 10.0 Å². The topological polar surface area (TPSA) is 137 Å². The molecule has 6 N–H and O–H groups in total. The van der Waals surface area contributed by atoms with Crippen molar-refractivity contribution in [2.75, 3.05) is 10.6 Å². The number of hydrogen-bond acceptors (Lipinski definition) is 6. The summed E-state index contributed by atoms with van der Waals surface area (Å²) in [5, 5.41) is 35.8. The van der Waals surface area contributed by atoms with Crippen molar-refractivity contribution in [2.45, 2.75) is 6.23 Å². The van der Waals surface area contributed by atoms with Crippen LogP contribution in [0, 0.1) is 15.5 Å². The van der Waals surface area contributed by atoms with E-state index in [-0.39, 0.29) is 23.9 Å². The number of amidine groups is 1. The number of nitrogens with zero attached hydrogens (tertiary/aromatic N) is 1. The molecule has 0 bridgehead atoms. The number of nitrogens with one attached hydrogen (secondary N) is 3. The first-order valence-electron chi connectivity index (χ1n) is 9.18. The Morgan fingerprint density at radius 2 is 1.74 bits per heavy atom. The molecule has 1 unspecified atom stereocenters. The van der Waals surface area contributed by atoms with Crippen molar-refractivity contribution in [3.8, 4) is 0 Å². The van der Waals surface area contributed by atoms with Gasteiger partial charge in [0.15, 0.2) is 6.23 Å². The summed E-state index contributed by atoms with van der Waals surface area (Å²) in [6, 6.07) is 20.9. The molecule has 1 aliphatic rings. The number of fused-ring (bicyclic) bond motifs is 1. The van der Waals surface area contributed by atoms with E-state index in [2.05, 4.69) is 10.6 Å². The molecule has 158 valence electrons. The van der Waals surface area contributed by atoms with Crippen molar-refractivity contribution in [2.24, 2.45) is 5.73 Å². The average Bonchev–Trinajstić information content (AvgIpc) is 3.07. The number of nitrogen functional groups attached to an aromatic ring is 1. The zero-order chi connectivity index (χ0) is 21.3. The van der Waals surface area contributed by atoms with Gasteiger partial charge in [-0.3, -0.25) is 15.5 Å². The van der Waals surface area contributed by atoms with Gasteiger partial charge in [0.1, 0.15) is 5.84 Å². The highest BCUT2D eigenvalue weighted by molar-refractivity contribution is 6.03. The SMILES string of the molecule is Cl.N=C(N)c1ccc(N/C(=C2/c3cc([N+](=O)[O-])ccc3NC2O)c2ccccc2)cc1. The van der Waals surface area contributed by atoms with Crippen molar-refractivity contribution in [1.82, 2.24) is 0 Å². The van der Waals surface area contributed by atoms with E-state index in [0.29, 0.717) is 28.1 Å². The normalized spacial score (nSPS) is 15.8. The van der Waals surface area contributed by atoms with E-state index in [4.69, 9.17) is 11.1 Å². The predicted octanol–water partition coefficient (Wildman–Crippen LogP) is 4.02. The zero-order valence-corrected chi connectivity index (χ0v) is 17.0. The highest BCUT2D eigenvalue weighted by Crippen LogP contribution is 2.41. The summed E-state index contributed by atoms with van der Waals surface area (Å²) in [5.74, 6) is -0.0279. The lowest BCUT2D eigenvalue weighted by Crippen LogP contribution is -2.16. The molecule has 8 nitrogen and oxygen atoms in total. The minimum Gasteiger partial charge on any atom is -0.384 e. The predicted molar refractivity (Wildman–Crippen MR) is 124 cm³/mol. The summed E-state index contributed by atoms with van der Waals surface area (Å²) < 4.78 is 0. The Morgan fingerprint density at radius 3 is 2.35 bits per heavy atom. The minimum atomic E-state index is -1.04. The summed E-state index contributed by atoms with van der Waals surface area (Å²) in [5.41, 5.74) is 9.89. The number of aliphatic hydroxyl groups is 1. The van der Waals surface area contributed by atoms with Gasteiger partial charge in [0, 0.05) is 40.2 Å². The van der Waals surface area contributed by atoms with Gasteiger partial charge < -0.3 is 21.5 Å². The van der Waals surface area contributed by atoms with Gasteiger partial charge >= 0.3 is 0 Å². The van der Waals surface area contributed by atoms with Gasteiger partial charge in [0.2, 0.25) is 0 Å². The number of non-ortho nitro benzene ring substituents is 1. The van der Waals surface area contributed by atoms with Crippen LogP contribution in [0.15, 0.2) is 72.8 Å². The third kappa shape index (κ3) is 4.35. The van der Waals surface area contributed by atoms with Crippen LogP contribution in [0.4, 0.5) is 17.1 Å². The van der Waals surface area contributed by atoms with Gasteiger partial charge in [-0.1, -0.05) is 30.3 Å². The fourth-order valence-corrected chi connectivity index (χ4v) is 3.41. The maximum absolute atomic E-state index is 11.3. The second-order valence-corrected chi connectivity index (χ2v) is 6.80. The van der Waals surface area contributed by atoms with Crippen LogP contribution in [0.2, 0.25) is 0 Å². The molecule has 0 amide bonds. The van der Waals surface area contributed by atoms with Gasteiger partial charge in [-0.25, -0.2) is 0 Å². The molecule has 3 aromatic rings. The average molecular weight is 438 g/mol. The smallest absolute Gasteiger partial charge is 0.270 e. The molecule has 9 heteroatoms. The Hall–Kier alpha value is -3.88. The van der Waals surface area contributed by atoms with Gasteiger partial charge in [0.25, 0.3) is 5.69 Å². The summed E-state index contributed by atoms with van der Waals surface area (Å²) in [6.07, 6.45) is -1.04. The molecular weight excluding hydrogens is 418 g/mol. The number of benzene rings is 3. The van der Waals surface area contributed by atoms with E-state index in [1.165, 1.54) is 12.1 Å². The van der Waals surface area contributed by atoms with Gasteiger partial charge in [-0.05, 0) is 35.9 Å². The third-order valence-electron chi connectivity index (χ3n) is 4.87. The Bertz CT molecular complexity index is 1160. The van der Waals surface area contributed by atoms with Gasteiger partial charge in [-0.2, -0.15) is 0 Å². The molecule has 31 heavy (non-hydrogen) atoms. The van der Waals surface area contributed by atoms with Gasteiger partial charge in [-0.15, -0.1) is 12.4 Å². The number of rotatable bonds is 5. The van der Waals surface area contributed by atoms with Crippen molar-refractivity contribution in [3.05, 3.63) is 99.6 Å². The van der Waals surface area contributed by atoms with Crippen LogP contribution < -0.4 is 16.4 Å². The second-order valence-electron chi connectivity index (χ2n) is 6.80. The molecule has 0 radical (unpaired) electrons. The third-order valence-corrected chi connectivity index (χ3v) is 4.87. The molecule has 1 atom stereocenters. The minimum absolute atomic E-state index is 0. The number of aliphatic hydroxyl groups excluding tert-OH is 1. The highest BCUT2D eigenvalue weighted by Gasteiger charge is 2.30. The second kappa shape index (κ2) is 8.86. The monoisotopic (exact) mass is 437 g/mol. The van der Waals surface area contributed by atoms with Crippen LogP contribution in [-0.2, 0) is 0 Å². The molecule has 0 saturated carbocycles. The van der Waals surface area contributed by atoms with E-state index in [9.17, 15) is 15.2 Å². The van der Waals surface area contributed by atoms with Gasteiger partial charge in [0.05, 0.1) is 10.6 Å². The summed E-state index contributed by atoms with van der Waals surface area (Å²) in [4.78, 5) is 10.8. The van der Waals surface area contributed by atoms with Crippen LogP contribution in [0.1, 0.15) is 16.7 Å². The largest absolute Gasteiger partial charge is 0.384 e. The lowest BCUT2D eigenvalue weighted by molar-refractivity contribution is -0.384. The first-order chi connectivity index (χ1) is 14.4. The van der Waals surface area contributed by atoms with E-state index >= 15 is 0 Å². The summed E-state index contributed by atoms with van der Waals surface area (Å²) in [6.45, 7) is 0. The van der Waals surface area contributed by atoms with Crippen molar-refractivity contribution in [3.63, 3.8) is 0 Å². The lowest BCUT2D eigenvalue weighted by Gasteiger charge is -2.17. The van der Waals surface area contributed by atoms with Crippen LogP contribution in [0.25, 0.3) is 11.3 Å². The Balaban J connectivity index is 0.00000272. The van der Waals surface area contributed by atoms with Crippen LogP contribution in [-0.4, -0.2) is 22.1 Å². The Kier molecular flexibility index (Phi) is 6.24. The number of nitrogens with two attached hydrogens (primary N) is 1. The van der Waals surface area contributed by atoms with Crippen LogP contribution >= 0.6 is 12.4 Å². The van der Waals surface area contributed by atoms with E-state index in [1.54, 1.807) is 30.3 Å². The summed E-state index contributed by atoms with van der Waals surface area (Å²) >= 11 is 0. The molecule has 1 aliphatic heterocycles.